The molecule has 0 saturated carbocycles. The zero-order chi connectivity index (χ0) is 27.3. The van der Waals surface area contributed by atoms with Crippen molar-refractivity contribution in [2.24, 2.45) is 0 Å². The van der Waals surface area contributed by atoms with Gasteiger partial charge in [0.2, 0.25) is 5.95 Å². The number of carboxylic acids is 2. The first-order valence-corrected chi connectivity index (χ1v) is 10.5. The van der Waals surface area contributed by atoms with E-state index >= 15 is 0 Å². The number of likely N-dealkylation sites (tertiary alicyclic amines) is 1. The van der Waals surface area contributed by atoms with E-state index in [9.17, 15) is 26.3 Å². The van der Waals surface area contributed by atoms with Crippen LogP contribution in [0.15, 0.2) is 28.9 Å². The van der Waals surface area contributed by atoms with Crippen LogP contribution in [-0.4, -0.2) is 74.5 Å². The molecule has 2 aliphatic heterocycles. The van der Waals surface area contributed by atoms with Gasteiger partial charge < -0.3 is 19.5 Å². The number of furan rings is 1. The highest BCUT2D eigenvalue weighted by molar-refractivity contribution is 5.73. The number of rotatable bonds is 3. The number of hydrogen-bond donors (Lipinski definition) is 2. The fourth-order valence-electron chi connectivity index (χ4n) is 3.82. The van der Waals surface area contributed by atoms with E-state index in [0.717, 1.165) is 42.7 Å². The Kier molecular flexibility index (Phi) is 9.29. The maximum atomic E-state index is 10.6. The topological polar surface area (TPSA) is 120 Å². The van der Waals surface area contributed by atoms with Crippen molar-refractivity contribution in [1.29, 1.82) is 0 Å². The van der Waals surface area contributed by atoms with E-state index < -0.39 is 24.3 Å². The predicted octanol–water partition coefficient (Wildman–Crippen LogP) is 3.81. The molecule has 4 rings (SSSR count). The van der Waals surface area contributed by atoms with Crippen LogP contribution in [0, 0.1) is 13.8 Å². The number of nitrogens with zero attached hydrogens (tertiary/aromatic N) is 4. The van der Waals surface area contributed by atoms with Gasteiger partial charge in [-0.05, 0) is 44.4 Å². The number of hydrogen-bond acceptors (Lipinski definition) is 7. The number of carboxylic acid groups (broad SMARTS) is 2. The normalized spacial score (nSPS) is 19.6. The number of fused-ring (bicyclic) bond motifs is 1. The Morgan fingerprint density at radius 3 is 1.89 bits per heavy atom. The van der Waals surface area contributed by atoms with Gasteiger partial charge in [-0.2, -0.15) is 26.3 Å². The third kappa shape index (κ3) is 8.10. The average molecular weight is 526 g/mol. The molecule has 0 aromatic carbocycles. The van der Waals surface area contributed by atoms with Gasteiger partial charge in [-0.1, -0.05) is 0 Å². The second-order valence-corrected chi connectivity index (χ2v) is 8.05. The summed E-state index contributed by atoms with van der Waals surface area (Å²) in [6.45, 7) is 7.11. The molecule has 2 aromatic rings. The smallest absolute Gasteiger partial charge is 0.475 e. The number of aryl methyl sites for hydroxylation is 2. The molecule has 2 N–H and O–H groups in total. The first-order valence-electron chi connectivity index (χ1n) is 10.5. The lowest BCUT2D eigenvalue weighted by Crippen LogP contribution is -2.37. The van der Waals surface area contributed by atoms with Crippen LogP contribution < -0.4 is 4.90 Å². The predicted molar refractivity (Wildman–Crippen MR) is 112 cm³/mol. The van der Waals surface area contributed by atoms with E-state index in [2.05, 4.69) is 25.8 Å². The molecule has 0 spiro atoms. The third-order valence-electron chi connectivity index (χ3n) is 5.36. The standard InChI is InChI=1S/C17H22N4O.2C2HF3O2/c1-12-9-18-17(19-10-12)21-8-6-15-16(21)5-7-20(15)11-14-4-3-13(2)22-14;2*3-2(4,5)1(6)7/h3-4,9-10,15-16H,5-8,11H2,1-2H3;2*(H,6,7). The van der Waals surface area contributed by atoms with E-state index in [1.165, 1.54) is 12.8 Å². The van der Waals surface area contributed by atoms with Gasteiger partial charge in [0.25, 0.3) is 0 Å². The molecule has 36 heavy (non-hydrogen) atoms. The quantitative estimate of drug-likeness (QED) is 0.576. The number of alkyl halides is 6. The highest BCUT2D eigenvalue weighted by Crippen LogP contribution is 2.34. The largest absolute Gasteiger partial charge is 0.490 e. The highest BCUT2D eigenvalue weighted by atomic mass is 19.4. The van der Waals surface area contributed by atoms with Crippen molar-refractivity contribution < 1.29 is 50.6 Å². The van der Waals surface area contributed by atoms with E-state index in [1.807, 2.05) is 32.3 Å². The fraction of sp³-hybridized carbons (Fsp3) is 0.524. The van der Waals surface area contributed by atoms with Crippen molar-refractivity contribution in [3.63, 3.8) is 0 Å². The molecule has 2 saturated heterocycles. The third-order valence-corrected chi connectivity index (χ3v) is 5.36. The van der Waals surface area contributed by atoms with Crippen molar-refractivity contribution in [2.75, 3.05) is 18.0 Å². The lowest BCUT2D eigenvalue weighted by Gasteiger charge is -2.25. The molecule has 4 heterocycles. The average Bonchev–Trinajstić information content (AvgIpc) is 3.46. The van der Waals surface area contributed by atoms with Crippen molar-refractivity contribution in [3.8, 4) is 0 Å². The Hall–Kier alpha value is -3.36. The molecular formula is C21H24F6N4O5. The number of carbonyl (C=O) groups is 2. The van der Waals surface area contributed by atoms with E-state index in [-0.39, 0.29) is 0 Å². The van der Waals surface area contributed by atoms with Crippen molar-refractivity contribution in [3.05, 3.63) is 41.6 Å². The van der Waals surface area contributed by atoms with E-state index in [1.54, 1.807) is 0 Å². The highest BCUT2D eigenvalue weighted by Gasteiger charge is 2.43. The van der Waals surface area contributed by atoms with Gasteiger partial charge >= 0.3 is 24.3 Å². The summed E-state index contributed by atoms with van der Waals surface area (Å²) in [6, 6.07) is 5.27. The van der Waals surface area contributed by atoms with Crippen molar-refractivity contribution >= 4 is 17.9 Å². The van der Waals surface area contributed by atoms with Crippen LogP contribution in [0.25, 0.3) is 0 Å². The van der Waals surface area contributed by atoms with Gasteiger partial charge in [0.05, 0.1) is 6.54 Å². The van der Waals surface area contributed by atoms with Gasteiger partial charge in [0.1, 0.15) is 11.5 Å². The van der Waals surface area contributed by atoms with Gasteiger partial charge in [0, 0.05) is 37.6 Å². The summed E-state index contributed by atoms with van der Waals surface area (Å²) in [7, 11) is 0. The van der Waals surface area contributed by atoms with Crippen LogP contribution >= 0.6 is 0 Å². The summed E-state index contributed by atoms with van der Waals surface area (Å²) in [5, 5.41) is 14.2. The van der Waals surface area contributed by atoms with Crippen LogP contribution in [0.3, 0.4) is 0 Å². The van der Waals surface area contributed by atoms with Gasteiger partial charge in [0.15, 0.2) is 0 Å². The van der Waals surface area contributed by atoms with Gasteiger partial charge in [-0.3, -0.25) is 4.90 Å². The fourth-order valence-corrected chi connectivity index (χ4v) is 3.82. The van der Waals surface area contributed by atoms with Crippen LogP contribution in [0.4, 0.5) is 32.3 Å². The lowest BCUT2D eigenvalue weighted by atomic mass is 10.1. The summed E-state index contributed by atoms with van der Waals surface area (Å²) >= 11 is 0. The SMILES string of the molecule is Cc1cnc(N2CCC3C2CCN3Cc2ccc(C)o2)nc1.O=C(O)C(F)(F)F.O=C(O)C(F)(F)F. The molecule has 15 heteroatoms. The van der Waals surface area contributed by atoms with Gasteiger partial charge in [-0.25, -0.2) is 19.6 Å². The molecule has 2 aliphatic rings. The Morgan fingerprint density at radius 2 is 1.44 bits per heavy atom. The van der Waals surface area contributed by atoms with Crippen LogP contribution in [0.2, 0.25) is 0 Å². The summed E-state index contributed by atoms with van der Waals surface area (Å²) in [4.78, 5) is 31.8. The molecule has 0 radical (unpaired) electrons. The second kappa shape index (κ2) is 11.6. The van der Waals surface area contributed by atoms with Crippen LogP contribution in [0.5, 0.6) is 0 Å². The number of halogens is 6. The Balaban J connectivity index is 0.000000271. The first-order chi connectivity index (χ1) is 16.6. The van der Waals surface area contributed by atoms with Crippen LogP contribution in [0.1, 0.15) is 29.9 Å². The molecular weight excluding hydrogens is 502 g/mol. The summed E-state index contributed by atoms with van der Waals surface area (Å²) in [6.07, 6.45) is -3.98. The minimum Gasteiger partial charge on any atom is -0.475 e. The number of aromatic nitrogens is 2. The molecule has 2 atom stereocenters. The molecule has 0 bridgehead atoms. The van der Waals surface area contributed by atoms with Crippen LogP contribution in [-0.2, 0) is 16.1 Å². The summed E-state index contributed by atoms with van der Waals surface area (Å²) in [5.74, 6) is -2.57. The molecule has 0 aliphatic carbocycles. The number of anilines is 1. The Labute approximate surface area is 201 Å². The molecule has 9 nitrogen and oxygen atoms in total. The molecule has 200 valence electrons. The minimum absolute atomic E-state index is 0.541. The van der Waals surface area contributed by atoms with Gasteiger partial charge in [-0.15, -0.1) is 0 Å². The van der Waals surface area contributed by atoms with E-state index in [4.69, 9.17) is 24.2 Å². The zero-order valence-corrected chi connectivity index (χ0v) is 19.2. The summed E-state index contributed by atoms with van der Waals surface area (Å²) in [5.41, 5.74) is 1.11. The summed E-state index contributed by atoms with van der Waals surface area (Å²) < 4.78 is 69.2. The van der Waals surface area contributed by atoms with Crippen molar-refractivity contribution in [2.45, 2.75) is 57.7 Å². The first kappa shape index (κ1) is 28.9. The molecule has 0 amide bonds. The molecule has 2 unspecified atom stereocenters. The van der Waals surface area contributed by atoms with E-state index in [0.29, 0.717) is 12.1 Å². The monoisotopic (exact) mass is 526 g/mol. The second-order valence-electron chi connectivity index (χ2n) is 8.05. The van der Waals surface area contributed by atoms with Crippen molar-refractivity contribution in [1.82, 2.24) is 14.9 Å². The molecule has 2 fully saturated rings. The maximum absolute atomic E-state index is 10.6. The maximum Gasteiger partial charge on any atom is 0.490 e. The minimum atomic E-state index is -5.08. The Bertz CT molecular complexity index is 1000. The Morgan fingerprint density at radius 1 is 0.944 bits per heavy atom. The number of aliphatic carboxylic acids is 2. The lowest BCUT2D eigenvalue weighted by molar-refractivity contribution is -0.193. The zero-order valence-electron chi connectivity index (χ0n) is 19.2. The molecule has 2 aromatic heterocycles.